The van der Waals surface area contributed by atoms with Crippen molar-refractivity contribution in [1.82, 2.24) is 24.5 Å². The second-order valence-corrected chi connectivity index (χ2v) is 9.77. The molecule has 5 rings (SSSR count). The van der Waals surface area contributed by atoms with Crippen LogP contribution in [-0.4, -0.2) is 86.3 Å². The van der Waals surface area contributed by atoms with E-state index in [0.717, 1.165) is 55.1 Å². The molecular weight excluding hydrogens is 628 g/mol. The Kier molecular flexibility index (Phi) is 11.9. The zero-order chi connectivity index (χ0) is 34.1. The molecule has 11 nitrogen and oxygen atoms in total. The molecule has 1 atom stereocenters. The van der Waals surface area contributed by atoms with Gasteiger partial charge in [0.05, 0.1) is 14.2 Å². The Balaban J connectivity index is 0.000000345. The third-order valence-electron chi connectivity index (χ3n) is 6.55. The van der Waals surface area contributed by atoms with Crippen LogP contribution >= 0.6 is 0 Å². The van der Waals surface area contributed by atoms with E-state index in [1.165, 1.54) is 5.56 Å². The lowest BCUT2D eigenvalue weighted by Crippen LogP contribution is -2.34. The first-order valence-electron chi connectivity index (χ1n) is 13.4. The van der Waals surface area contributed by atoms with Crippen LogP contribution in [0.1, 0.15) is 30.1 Å². The molecule has 1 saturated heterocycles. The van der Waals surface area contributed by atoms with E-state index >= 15 is 0 Å². The molecule has 0 spiro atoms. The van der Waals surface area contributed by atoms with E-state index in [2.05, 4.69) is 22.0 Å². The van der Waals surface area contributed by atoms with Crippen molar-refractivity contribution in [1.29, 1.82) is 0 Å². The van der Waals surface area contributed by atoms with Crippen molar-refractivity contribution in [2.45, 2.75) is 37.7 Å². The summed E-state index contributed by atoms with van der Waals surface area (Å²) in [7, 11) is 3.31. The van der Waals surface area contributed by atoms with E-state index in [-0.39, 0.29) is 0 Å². The minimum Gasteiger partial charge on any atom is -0.493 e. The number of rotatable bonds is 6. The molecule has 0 bridgehead atoms. The minimum absolute atomic E-state index is 0.329. The van der Waals surface area contributed by atoms with Crippen LogP contribution in [0, 0.1) is 0 Å². The number of alkyl halides is 6. The average molecular weight is 658 g/mol. The summed E-state index contributed by atoms with van der Waals surface area (Å²) in [5.74, 6) is -2.85. The first kappa shape index (κ1) is 35.5. The number of hydrogen-bond donors (Lipinski definition) is 2. The highest BCUT2D eigenvalue weighted by Gasteiger charge is 2.39. The molecule has 1 aliphatic rings. The highest BCUT2D eigenvalue weighted by atomic mass is 19.4. The largest absolute Gasteiger partial charge is 0.493 e. The number of nitrogens with zero attached hydrogens (tertiary/aromatic N) is 5. The number of carboxylic acids is 2. The third kappa shape index (κ3) is 9.79. The number of pyridine rings is 2. The molecule has 4 heterocycles. The Labute approximate surface area is 258 Å². The molecule has 1 aliphatic heterocycles. The molecule has 3 aromatic heterocycles. The Morgan fingerprint density at radius 3 is 2.20 bits per heavy atom. The zero-order valence-electron chi connectivity index (χ0n) is 24.4. The molecule has 46 heavy (non-hydrogen) atoms. The average Bonchev–Trinajstić information content (AvgIpc) is 3.45. The van der Waals surface area contributed by atoms with Gasteiger partial charge in [0.2, 0.25) is 0 Å². The van der Waals surface area contributed by atoms with E-state index in [1.807, 2.05) is 53.4 Å². The van der Waals surface area contributed by atoms with Crippen molar-refractivity contribution < 1.29 is 55.6 Å². The van der Waals surface area contributed by atoms with Crippen LogP contribution in [0.3, 0.4) is 0 Å². The number of carbonyl (C=O) groups is 2. The first-order valence-corrected chi connectivity index (χ1v) is 13.4. The van der Waals surface area contributed by atoms with Crippen LogP contribution in [0.25, 0.3) is 16.8 Å². The Bertz CT molecular complexity index is 1590. The molecule has 1 unspecified atom stereocenters. The number of para-hydroxylation sites is 1. The number of aliphatic carboxylic acids is 2. The van der Waals surface area contributed by atoms with Gasteiger partial charge in [-0.05, 0) is 49.2 Å². The fourth-order valence-electron chi connectivity index (χ4n) is 4.51. The number of methoxy groups -OCH3 is 2. The summed E-state index contributed by atoms with van der Waals surface area (Å²) in [6, 6.07) is 14.1. The quantitative estimate of drug-likeness (QED) is 0.257. The van der Waals surface area contributed by atoms with Crippen molar-refractivity contribution >= 4 is 17.6 Å². The van der Waals surface area contributed by atoms with Crippen LogP contribution in [-0.2, 0) is 16.1 Å². The zero-order valence-corrected chi connectivity index (χ0v) is 24.4. The summed E-state index contributed by atoms with van der Waals surface area (Å²) in [4.78, 5) is 29.4. The lowest BCUT2D eigenvalue weighted by Gasteiger charge is -2.31. The number of benzene rings is 1. The Morgan fingerprint density at radius 1 is 0.957 bits per heavy atom. The molecule has 0 saturated carbocycles. The molecule has 1 aromatic carbocycles. The number of carboxylic acid groups (broad SMARTS) is 2. The van der Waals surface area contributed by atoms with Gasteiger partial charge in [-0.15, -0.1) is 0 Å². The summed E-state index contributed by atoms with van der Waals surface area (Å²) in [5, 5.41) is 19.1. The van der Waals surface area contributed by atoms with E-state index in [0.29, 0.717) is 17.4 Å². The van der Waals surface area contributed by atoms with Crippen molar-refractivity contribution in [2.75, 3.05) is 27.3 Å². The Morgan fingerprint density at radius 2 is 1.63 bits per heavy atom. The molecule has 1 fully saturated rings. The van der Waals surface area contributed by atoms with Gasteiger partial charge in [-0.2, -0.15) is 31.4 Å². The summed E-state index contributed by atoms with van der Waals surface area (Å²) in [6.07, 6.45) is -2.14. The number of hydrogen-bond acceptors (Lipinski definition) is 8. The van der Waals surface area contributed by atoms with E-state index in [1.54, 1.807) is 14.2 Å². The second kappa shape index (κ2) is 15.4. The normalized spacial score (nSPS) is 15.2. The molecule has 0 aliphatic carbocycles. The van der Waals surface area contributed by atoms with Gasteiger partial charge in [0, 0.05) is 48.7 Å². The van der Waals surface area contributed by atoms with Gasteiger partial charge in [-0.1, -0.05) is 18.2 Å². The molecule has 17 heteroatoms. The molecular formula is C29H29F6N5O6. The van der Waals surface area contributed by atoms with Gasteiger partial charge in [-0.25, -0.2) is 19.1 Å². The molecule has 2 N–H and O–H groups in total. The van der Waals surface area contributed by atoms with Crippen LogP contribution in [0.4, 0.5) is 26.3 Å². The van der Waals surface area contributed by atoms with E-state index in [4.69, 9.17) is 39.4 Å². The van der Waals surface area contributed by atoms with E-state index in [9.17, 15) is 26.3 Å². The predicted molar refractivity (Wildman–Crippen MR) is 150 cm³/mol. The van der Waals surface area contributed by atoms with Crippen LogP contribution in [0.5, 0.6) is 11.5 Å². The van der Waals surface area contributed by atoms with Gasteiger partial charge in [0.1, 0.15) is 0 Å². The number of aromatic nitrogens is 4. The van der Waals surface area contributed by atoms with Gasteiger partial charge in [0.15, 0.2) is 23.0 Å². The lowest BCUT2D eigenvalue weighted by molar-refractivity contribution is -0.193. The number of fused-ring (bicyclic) bond motifs is 1. The minimum atomic E-state index is -5.08. The number of halogens is 6. The SMILES string of the molecule is COc1cccc(-c2ccc3nc(C4CCCN(Cc5cccnc5)C4)nn3c2)c1OC.O=C(O)C(F)(F)F.O=C(O)C(F)(F)F. The van der Waals surface area contributed by atoms with Crippen LogP contribution in [0.15, 0.2) is 61.1 Å². The fraction of sp³-hybridized carbons (Fsp3) is 0.345. The van der Waals surface area contributed by atoms with Crippen molar-refractivity contribution in [3.8, 4) is 22.6 Å². The smallest absolute Gasteiger partial charge is 0.490 e. The summed E-state index contributed by atoms with van der Waals surface area (Å²) in [5.41, 5.74) is 4.07. The van der Waals surface area contributed by atoms with Crippen molar-refractivity contribution in [3.63, 3.8) is 0 Å². The summed E-state index contributed by atoms with van der Waals surface area (Å²) in [6.45, 7) is 2.97. The maximum Gasteiger partial charge on any atom is 0.490 e. The van der Waals surface area contributed by atoms with Gasteiger partial charge < -0.3 is 19.7 Å². The number of ether oxygens (including phenoxy) is 2. The third-order valence-corrected chi connectivity index (χ3v) is 6.55. The lowest BCUT2D eigenvalue weighted by atomic mass is 9.97. The summed E-state index contributed by atoms with van der Waals surface area (Å²) < 4.78 is 76.4. The fourth-order valence-corrected chi connectivity index (χ4v) is 4.51. The van der Waals surface area contributed by atoms with Gasteiger partial charge >= 0.3 is 24.3 Å². The number of piperidine rings is 1. The summed E-state index contributed by atoms with van der Waals surface area (Å²) >= 11 is 0. The highest BCUT2D eigenvalue weighted by molar-refractivity contribution is 5.74. The molecule has 248 valence electrons. The highest BCUT2D eigenvalue weighted by Crippen LogP contribution is 2.38. The van der Waals surface area contributed by atoms with Crippen molar-refractivity contribution in [3.05, 3.63) is 72.4 Å². The van der Waals surface area contributed by atoms with Crippen LogP contribution in [0.2, 0.25) is 0 Å². The predicted octanol–water partition coefficient (Wildman–Crippen LogP) is 5.45. The van der Waals surface area contributed by atoms with Crippen LogP contribution < -0.4 is 9.47 Å². The first-order chi connectivity index (χ1) is 21.6. The number of likely N-dealkylation sites (tertiary alicyclic amines) is 1. The van der Waals surface area contributed by atoms with E-state index < -0.39 is 24.3 Å². The van der Waals surface area contributed by atoms with Crippen molar-refractivity contribution in [2.24, 2.45) is 0 Å². The molecule has 4 aromatic rings. The molecule has 0 amide bonds. The van der Waals surface area contributed by atoms with Gasteiger partial charge in [0.25, 0.3) is 0 Å². The maximum absolute atomic E-state index is 10.6. The standard InChI is InChI=1S/C25H27N5O2.2C2HF3O2/c1-31-22-9-3-8-21(24(22)32-2)19-10-11-23-27-25(28-30(23)17-19)20-7-5-13-29(16-20)15-18-6-4-12-26-14-18;2*3-2(4,5)1(6)7/h3-4,6,8-12,14,17,20H,5,7,13,15-16H2,1-2H3;2*(H,6,7). The van der Waals surface area contributed by atoms with Gasteiger partial charge in [-0.3, -0.25) is 9.88 Å². The molecule has 0 radical (unpaired) electrons. The second-order valence-electron chi connectivity index (χ2n) is 9.77. The topological polar surface area (TPSA) is 139 Å². The maximum atomic E-state index is 10.6. The monoisotopic (exact) mass is 657 g/mol. The Hall–Kier alpha value is -4.93.